The lowest BCUT2D eigenvalue weighted by atomic mass is 10.00. The molecule has 0 radical (unpaired) electrons. The van der Waals surface area contributed by atoms with E-state index < -0.39 is 10.0 Å². The van der Waals surface area contributed by atoms with Gasteiger partial charge in [-0.25, -0.2) is 8.42 Å². The second-order valence-electron chi connectivity index (χ2n) is 6.28. The zero-order chi connectivity index (χ0) is 18.3. The summed E-state index contributed by atoms with van der Waals surface area (Å²) < 4.78 is 38.3. The molecule has 1 unspecified atom stereocenters. The summed E-state index contributed by atoms with van der Waals surface area (Å²) in [5.74, 6) is 1.13. The maximum Gasteiger partial charge on any atom is 0.257 e. The Balaban J connectivity index is 1.58. The summed E-state index contributed by atoms with van der Waals surface area (Å²) in [6.07, 6.45) is 1.53. The zero-order valence-corrected chi connectivity index (χ0v) is 16.0. The van der Waals surface area contributed by atoms with Gasteiger partial charge in [0.25, 0.3) is 5.89 Å². The van der Waals surface area contributed by atoms with Crippen molar-refractivity contribution in [2.24, 2.45) is 0 Å². The van der Waals surface area contributed by atoms with Crippen LogP contribution in [0.2, 0.25) is 0 Å². The summed E-state index contributed by atoms with van der Waals surface area (Å²) in [4.78, 5) is 1.06. The lowest BCUT2D eigenvalue weighted by Crippen LogP contribution is -2.39. The molecule has 0 bridgehead atoms. The first-order chi connectivity index (χ1) is 12.5. The Hall–Kier alpha value is -2.04. The molecule has 10 heteroatoms. The molecule has 0 aliphatic carbocycles. The number of aromatic nitrogens is 3. The Kier molecular flexibility index (Phi) is 4.41. The second-order valence-corrected chi connectivity index (χ2v) is 9.10. The Labute approximate surface area is 154 Å². The van der Waals surface area contributed by atoms with E-state index in [-0.39, 0.29) is 10.8 Å². The lowest BCUT2D eigenvalue weighted by molar-refractivity contribution is 0.285. The molecule has 0 spiro atoms. The summed E-state index contributed by atoms with van der Waals surface area (Å²) in [6.45, 7) is 4.00. The van der Waals surface area contributed by atoms with Crippen LogP contribution in [0.3, 0.4) is 0 Å². The van der Waals surface area contributed by atoms with Crippen LogP contribution in [0.1, 0.15) is 36.1 Å². The van der Waals surface area contributed by atoms with Crippen molar-refractivity contribution in [3.63, 3.8) is 0 Å². The van der Waals surface area contributed by atoms with Gasteiger partial charge in [0.15, 0.2) is 5.76 Å². The van der Waals surface area contributed by atoms with Gasteiger partial charge in [0.1, 0.15) is 10.6 Å². The third-order valence-corrected chi connectivity index (χ3v) is 7.44. The number of hydrogen-bond donors (Lipinski definition) is 0. The molecule has 0 aromatic carbocycles. The molecule has 8 nitrogen and oxygen atoms in total. The van der Waals surface area contributed by atoms with Crippen LogP contribution in [0, 0.1) is 13.8 Å². The molecule has 4 heterocycles. The average Bonchev–Trinajstić information content (AvgIpc) is 3.35. The topological polar surface area (TPSA) is 102 Å². The van der Waals surface area contributed by atoms with Gasteiger partial charge in [0, 0.05) is 13.1 Å². The number of hydrogen-bond acceptors (Lipinski definition) is 8. The third-order valence-electron chi connectivity index (χ3n) is 4.47. The molecule has 0 amide bonds. The van der Waals surface area contributed by atoms with E-state index in [2.05, 4.69) is 15.4 Å². The van der Waals surface area contributed by atoms with E-state index in [1.54, 1.807) is 13.8 Å². The van der Waals surface area contributed by atoms with Gasteiger partial charge in [-0.15, -0.1) is 21.5 Å². The van der Waals surface area contributed by atoms with Crippen molar-refractivity contribution in [3.05, 3.63) is 34.9 Å². The highest BCUT2D eigenvalue weighted by Gasteiger charge is 2.36. The van der Waals surface area contributed by atoms with Gasteiger partial charge >= 0.3 is 0 Å². The molecule has 1 fully saturated rings. The molecular formula is C16H18N4O4S2. The normalized spacial score (nSPS) is 19.1. The smallest absolute Gasteiger partial charge is 0.257 e. The molecule has 4 rings (SSSR count). The van der Waals surface area contributed by atoms with E-state index in [9.17, 15) is 8.42 Å². The van der Waals surface area contributed by atoms with Gasteiger partial charge in [0.2, 0.25) is 15.9 Å². The van der Waals surface area contributed by atoms with Crippen molar-refractivity contribution in [1.29, 1.82) is 0 Å². The van der Waals surface area contributed by atoms with Gasteiger partial charge in [-0.05, 0) is 38.1 Å². The number of rotatable bonds is 4. The minimum absolute atomic E-state index is 0.125. The van der Waals surface area contributed by atoms with E-state index in [4.69, 9.17) is 8.94 Å². The van der Waals surface area contributed by atoms with Crippen molar-refractivity contribution < 1.29 is 17.4 Å². The molecule has 1 aliphatic heterocycles. The zero-order valence-electron chi connectivity index (χ0n) is 14.4. The van der Waals surface area contributed by atoms with Gasteiger partial charge in [-0.2, -0.15) is 4.31 Å². The highest BCUT2D eigenvalue weighted by Crippen LogP contribution is 2.33. The molecule has 26 heavy (non-hydrogen) atoms. The molecule has 0 saturated carbocycles. The van der Waals surface area contributed by atoms with Gasteiger partial charge < -0.3 is 8.94 Å². The molecule has 3 aromatic rings. The summed E-state index contributed by atoms with van der Waals surface area (Å²) in [5, 5.41) is 14.0. The van der Waals surface area contributed by atoms with Crippen LogP contribution >= 0.6 is 11.3 Å². The van der Waals surface area contributed by atoms with E-state index in [1.165, 1.54) is 15.6 Å². The minimum Gasteiger partial charge on any atom is -0.420 e. The fourth-order valence-corrected chi connectivity index (χ4v) is 5.69. The van der Waals surface area contributed by atoms with Crippen LogP contribution in [0.25, 0.3) is 10.8 Å². The quantitative estimate of drug-likeness (QED) is 0.670. The first-order valence-corrected chi connectivity index (χ1v) is 10.6. The summed E-state index contributed by atoms with van der Waals surface area (Å²) in [7, 11) is -3.67. The molecule has 1 aliphatic rings. The predicted octanol–water partition coefficient (Wildman–Crippen LogP) is 2.97. The number of piperidine rings is 1. The van der Waals surface area contributed by atoms with E-state index >= 15 is 0 Å². The maximum absolute atomic E-state index is 13.0. The summed E-state index contributed by atoms with van der Waals surface area (Å²) >= 11 is 1.52. The Morgan fingerprint density at radius 2 is 2.15 bits per heavy atom. The van der Waals surface area contributed by atoms with Crippen LogP contribution in [0.15, 0.2) is 31.3 Å². The standard InChI is InChI=1S/C16H18N4O4S2/c1-10-14(11(2)24-19-10)26(21,22)20-7-3-5-12(9-20)15-17-18-16(23-15)13-6-4-8-25-13/h4,6,8,12H,3,5,7,9H2,1-2H3. The number of aryl methyl sites for hydroxylation is 2. The molecular weight excluding hydrogens is 376 g/mol. The fourth-order valence-electron chi connectivity index (χ4n) is 3.23. The predicted molar refractivity (Wildman–Crippen MR) is 94.3 cm³/mol. The van der Waals surface area contributed by atoms with Crippen molar-refractivity contribution >= 4 is 21.4 Å². The molecule has 0 N–H and O–H groups in total. The van der Waals surface area contributed by atoms with E-state index in [0.717, 1.165) is 17.7 Å². The van der Waals surface area contributed by atoms with Crippen molar-refractivity contribution in [2.45, 2.75) is 37.5 Å². The number of sulfonamides is 1. The first-order valence-electron chi connectivity index (χ1n) is 8.27. The first kappa shape index (κ1) is 17.4. The Morgan fingerprint density at radius 1 is 1.31 bits per heavy atom. The second kappa shape index (κ2) is 6.60. The number of nitrogens with zero attached hydrogens (tertiary/aromatic N) is 4. The summed E-state index contributed by atoms with van der Waals surface area (Å²) in [5.41, 5.74) is 0.377. The van der Waals surface area contributed by atoms with E-state index in [1.807, 2.05) is 17.5 Å². The van der Waals surface area contributed by atoms with Crippen LogP contribution in [-0.4, -0.2) is 41.2 Å². The SMILES string of the molecule is Cc1noc(C)c1S(=O)(=O)N1CCCC(c2nnc(-c3cccs3)o2)C1. The van der Waals surface area contributed by atoms with Gasteiger partial charge in [0.05, 0.1) is 10.8 Å². The van der Waals surface area contributed by atoms with Crippen molar-refractivity contribution in [2.75, 3.05) is 13.1 Å². The molecule has 1 saturated heterocycles. The van der Waals surface area contributed by atoms with Crippen LogP contribution in [0.4, 0.5) is 0 Å². The molecule has 3 aromatic heterocycles. The highest BCUT2D eigenvalue weighted by molar-refractivity contribution is 7.89. The van der Waals surface area contributed by atoms with Crippen molar-refractivity contribution in [1.82, 2.24) is 19.7 Å². The molecule has 1 atom stereocenters. The van der Waals surface area contributed by atoms with Gasteiger partial charge in [-0.3, -0.25) is 0 Å². The van der Waals surface area contributed by atoms with Crippen LogP contribution in [0.5, 0.6) is 0 Å². The third kappa shape index (κ3) is 2.97. The van der Waals surface area contributed by atoms with Gasteiger partial charge in [-0.1, -0.05) is 11.2 Å². The number of thiophene rings is 1. The minimum atomic E-state index is -3.67. The monoisotopic (exact) mass is 394 g/mol. The van der Waals surface area contributed by atoms with Crippen LogP contribution < -0.4 is 0 Å². The van der Waals surface area contributed by atoms with Crippen LogP contribution in [-0.2, 0) is 10.0 Å². The Bertz CT molecular complexity index is 988. The largest absolute Gasteiger partial charge is 0.420 e. The highest BCUT2D eigenvalue weighted by atomic mass is 32.2. The lowest BCUT2D eigenvalue weighted by Gasteiger charge is -2.30. The maximum atomic E-state index is 13.0. The fraction of sp³-hybridized carbons (Fsp3) is 0.438. The van der Waals surface area contributed by atoms with E-state index in [0.29, 0.717) is 36.3 Å². The Morgan fingerprint density at radius 3 is 2.85 bits per heavy atom. The molecule has 138 valence electrons. The summed E-state index contributed by atoms with van der Waals surface area (Å²) in [6, 6.07) is 3.83. The van der Waals surface area contributed by atoms with Crippen molar-refractivity contribution in [3.8, 4) is 10.8 Å². The average molecular weight is 394 g/mol.